The van der Waals surface area contributed by atoms with Gasteiger partial charge in [0.1, 0.15) is 11.5 Å². The lowest BCUT2D eigenvalue weighted by Crippen LogP contribution is -2.18. The monoisotopic (exact) mass is 510 g/mol. The molecular formula is C31H34N4O3. The molecule has 1 atom stereocenters. The first-order chi connectivity index (χ1) is 18.0. The Labute approximate surface area is 222 Å². The molecule has 1 unspecified atom stereocenters. The smallest absolute Gasteiger partial charge is 0.260 e. The molecular weight excluding hydrogens is 476 g/mol. The number of allylic oxidation sites excluding steroid dienone is 2. The fourth-order valence-electron chi connectivity index (χ4n) is 4.78. The number of nitrogens with one attached hydrogen (secondary N) is 1. The predicted molar refractivity (Wildman–Crippen MR) is 156 cm³/mol. The molecule has 196 valence electrons. The minimum absolute atomic E-state index is 0.119. The van der Waals surface area contributed by atoms with Crippen molar-refractivity contribution in [1.29, 1.82) is 0 Å². The fraction of sp³-hybridized carbons (Fsp3) is 0.226. The van der Waals surface area contributed by atoms with Gasteiger partial charge in [-0.15, -0.1) is 0 Å². The summed E-state index contributed by atoms with van der Waals surface area (Å²) in [4.78, 5) is 22.8. The van der Waals surface area contributed by atoms with Crippen LogP contribution in [0, 0.1) is 6.92 Å². The predicted octanol–water partition coefficient (Wildman–Crippen LogP) is 5.73. The van der Waals surface area contributed by atoms with Crippen molar-refractivity contribution in [3.05, 3.63) is 100 Å². The second-order valence-electron chi connectivity index (χ2n) is 10.1. The number of rotatable bonds is 8. The van der Waals surface area contributed by atoms with Gasteiger partial charge in [-0.3, -0.25) is 9.78 Å². The Morgan fingerprint density at radius 3 is 2.53 bits per heavy atom. The number of H-pyrrole nitrogens is 1. The summed E-state index contributed by atoms with van der Waals surface area (Å²) in [7, 11) is 4.11. The van der Waals surface area contributed by atoms with Crippen molar-refractivity contribution in [1.82, 2.24) is 14.9 Å². The van der Waals surface area contributed by atoms with Gasteiger partial charge in [-0.25, -0.2) is 0 Å². The number of benzene rings is 2. The molecule has 0 saturated heterocycles. The van der Waals surface area contributed by atoms with E-state index in [0.29, 0.717) is 44.4 Å². The highest BCUT2D eigenvalue weighted by Gasteiger charge is 2.20. The Hall–Kier alpha value is -4.36. The topological polar surface area (TPSA) is 104 Å². The highest BCUT2D eigenvalue weighted by Crippen LogP contribution is 2.41. The van der Waals surface area contributed by atoms with Crippen molar-refractivity contribution in [2.75, 3.05) is 20.6 Å². The zero-order valence-corrected chi connectivity index (χ0v) is 22.6. The van der Waals surface area contributed by atoms with Crippen molar-refractivity contribution in [3.63, 3.8) is 0 Å². The molecule has 0 aliphatic carbocycles. The number of hydrogen-bond donors (Lipinski definition) is 3. The van der Waals surface area contributed by atoms with Gasteiger partial charge in [-0.2, -0.15) is 0 Å². The first-order valence-corrected chi connectivity index (χ1v) is 12.4. The second kappa shape index (κ2) is 10.6. The molecule has 7 nitrogen and oxygen atoms in total. The number of nitrogens with two attached hydrogens (primary N) is 1. The zero-order chi connectivity index (χ0) is 27.7. The summed E-state index contributed by atoms with van der Waals surface area (Å²) in [5, 5.41) is 12.7. The number of aryl methyl sites for hydroxylation is 1. The van der Waals surface area contributed by atoms with E-state index in [2.05, 4.69) is 61.2 Å². The summed E-state index contributed by atoms with van der Waals surface area (Å²) in [5.74, 6) is 1.01. The van der Waals surface area contributed by atoms with Crippen molar-refractivity contribution in [2.24, 2.45) is 5.73 Å². The third-order valence-electron chi connectivity index (χ3n) is 6.68. The van der Waals surface area contributed by atoms with E-state index in [9.17, 15) is 9.90 Å². The molecule has 4 N–H and O–H groups in total. The third kappa shape index (κ3) is 5.19. The zero-order valence-electron chi connectivity index (χ0n) is 22.6. The summed E-state index contributed by atoms with van der Waals surface area (Å²) in [6.07, 6.45) is 4.75. The van der Waals surface area contributed by atoms with E-state index in [1.54, 1.807) is 25.3 Å². The SMILES string of the molecule is C=C(/C=C(/C)C(=C)N)Oc1cncc2c1c(=O)[nH]c1c(C)cc(O)c(-c3ccc(C(C)CN(C)C)cc3)c12. The average molecular weight is 511 g/mol. The lowest BCUT2D eigenvalue weighted by atomic mass is 9.92. The first kappa shape index (κ1) is 26.7. The maximum atomic E-state index is 13.3. The van der Waals surface area contributed by atoms with Gasteiger partial charge >= 0.3 is 0 Å². The molecule has 38 heavy (non-hydrogen) atoms. The number of phenolic OH excluding ortho intramolecular Hbond substituents is 1. The number of aromatic nitrogens is 2. The number of ether oxygens (including phenoxy) is 1. The number of nitrogens with zero attached hydrogens (tertiary/aromatic N) is 2. The highest BCUT2D eigenvalue weighted by atomic mass is 16.5. The minimum Gasteiger partial charge on any atom is -0.507 e. The van der Waals surface area contributed by atoms with E-state index < -0.39 is 0 Å². The molecule has 0 fully saturated rings. The van der Waals surface area contributed by atoms with E-state index in [-0.39, 0.29) is 22.8 Å². The number of hydrogen-bond acceptors (Lipinski definition) is 6. The summed E-state index contributed by atoms with van der Waals surface area (Å²) in [5.41, 5.74) is 10.6. The first-order valence-electron chi connectivity index (χ1n) is 12.4. The van der Waals surface area contributed by atoms with Crippen molar-refractivity contribution < 1.29 is 9.84 Å². The lowest BCUT2D eigenvalue weighted by Gasteiger charge is -2.18. The van der Waals surface area contributed by atoms with Gasteiger partial charge in [0.05, 0.1) is 17.1 Å². The van der Waals surface area contributed by atoms with E-state index in [1.165, 1.54) is 11.8 Å². The second-order valence-corrected chi connectivity index (χ2v) is 10.1. The quantitative estimate of drug-likeness (QED) is 0.159. The van der Waals surface area contributed by atoms with Crippen LogP contribution in [0.1, 0.15) is 30.9 Å². The Balaban J connectivity index is 1.93. The Morgan fingerprint density at radius 2 is 1.89 bits per heavy atom. The van der Waals surface area contributed by atoms with Gasteiger partial charge in [0.15, 0.2) is 5.75 Å². The van der Waals surface area contributed by atoms with Gasteiger partial charge in [0.25, 0.3) is 5.56 Å². The normalized spacial score (nSPS) is 12.7. The number of likely N-dealkylation sites (N-methyl/N-ethyl adjacent to an activating group) is 1. The summed E-state index contributed by atoms with van der Waals surface area (Å²) < 4.78 is 5.94. The van der Waals surface area contributed by atoms with Crippen LogP contribution in [-0.4, -0.2) is 40.6 Å². The van der Waals surface area contributed by atoms with Crippen LogP contribution in [0.25, 0.3) is 32.8 Å². The minimum atomic E-state index is -0.325. The van der Waals surface area contributed by atoms with Crippen LogP contribution < -0.4 is 16.0 Å². The number of aromatic amines is 1. The maximum Gasteiger partial charge on any atom is 0.260 e. The van der Waals surface area contributed by atoms with E-state index in [4.69, 9.17) is 10.5 Å². The highest BCUT2D eigenvalue weighted by molar-refractivity contribution is 6.15. The van der Waals surface area contributed by atoms with E-state index >= 15 is 0 Å². The molecule has 0 amide bonds. The fourth-order valence-corrected chi connectivity index (χ4v) is 4.78. The maximum absolute atomic E-state index is 13.3. The van der Waals surface area contributed by atoms with Gasteiger partial charge in [0, 0.05) is 34.8 Å². The summed E-state index contributed by atoms with van der Waals surface area (Å²) in [6.45, 7) is 14.4. The summed E-state index contributed by atoms with van der Waals surface area (Å²) >= 11 is 0. The van der Waals surface area contributed by atoms with Crippen LogP contribution in [0.3, 0.4) is 0 Å². The Morgan fingerprint density at radius 1 is 1.21 bits per heavy atom. The molecule has 0 saturated carbocycles. The number of phenols is 1. The van der Waals surface area contributed by atoms with Gasteiger partial charge in [-0.1, -0.05) is 44.3 Å². The van der Waals surface area contributed by atoms with Gasteiger partial charge in [0.2, 0.25) is 0 Å². The standard InChI is InChI=1S/C31H34N4O3/c1-17(21(5)32)12-20(4)38-26-15-33-14-24-28(26)31(37)34-30-18(2)13-25(36)27(29(24)30)23-10-8-22(9-11-23)19(3)16-35(6)7/h8-15,19,36H,4-5,16,32H2,1-3,6-7H3,(H,34,37)/b17-12-. The molecule has 4 aromatic rings. The van der Waals surface area contributed by atoms with Crippen LogP contribution in [-0.2, 0) is 0 Å². The van der Waals surface area contributed by atoms with E-state index in [0.717, 1.165) is 17.7 Å². The van der Waals surface area contributed by atoms with Crippen LogP contribution in [0.2, 0.25) is 0 Å². The van der Waals surface area contributed by atoms with E-state index in [1.807, 2.05) is 19.1 Å². The van der Waals surface area contributed by atoms with Crippen LogP contribution in [0.4, 0.5) is 0 Å². The summed E-state index contributed by atoms with van der Waals surface area (Å²) in [6, 6.07) is 9.85. The van der Waals surface area contributed by atoms with Crippen molar-refractivity contribution in [2.45, 2.75) is 26.7 Å². The van der Waals surface area contributed by atoms with Gasteiger partial charge in [-0.05, 0) is 68.3 Å². The molecule has 0 aliphatic heterocycles. The molecule has 0 bridgehead atoms. The third-order valence-corrected chi connectivity index (χ3v) is 6.68. The van der Waals surface area contributed by atoms with Crippen molar-refractivity contribution >= 4 is 21.7 Å². The molecule has 0 aliphatic rings. The van der Waals surface area contributed by atoms with Crippen molar-refractivity contribution in [3.8, 4) is 22.6 Å². The largest absolute Gasteiger partial charge is 0.507 e. The molecule has 0 radical (unpaired) electrons. The van der Waals surface area contributed by atoms with Crippen LogP contribution in [0.5, 0.6) is 11.5 Å². The van der Waals surface area contributed by atoms with Crippen LogP contribution in [0.15, 0.2) is 83.8 Å². The molecule has 0 spiro atoms. The molecule has 7 heteroatoms. The van der Waals surface area contributed by atoms with Crippen LogP contribution >= 0.6 is 0 Å². The Bertz CT molecular complexity index is 1650. The average Bonchev–Trinajstić information content (AvgIpc) is 2.84. The number of pyridine rings is 2. The molecule has 2 heterocycles. The molecule has 4 rings (SSSR count). The Kier molecular flexibility index (Phi) is 7.41. The molecule has 2 aromatic carbocycles. The van der Waals surface area contributed by atoms with Gasteiger partial charge < -0.3 is 25.5 Å². The molecule has 2 aromatic heterocycles. The number of fused-ring (bicyclic) bond motifs is 3. The number of aromatic hydroxyl groups is 1. The lowest BCUT2D eigenvalue weighted by molar-refractivity contribution is 0.383.